The average Bonchev–Trinajstić information content (AvgIpc) is 2.99. The van der Waals surface area contributed by atoms with Gasteiger partial charge in [-0.1, -0.05) is 46.9 Å². The molecule has 0 radical (unpaired) electrons. The van der Waals surface area contributed by atoms with Crippen LogP contribution in [0.3, 0.4) is 0 Å². The number of aromatic nitrogens is 3. The number of anilines is 1. The SMILES string of the molecule is O=S(=O)(Nc1ncn(Cc2ccc(F)cc2)n1)c1cc(Cl)c(Cl)cc1Cl. The van der Waals surface area contributed by atoms with Crippen LogP contribution in [0.5, 0.6) is 0 Å². The molecule has 6 nitrogen and oxygen atoms in total. The highest BCUT2D eigenvalue weighted by Gasteiger charge is 2.21. The number of nitrogens with one attached hydrogen (secondary N) is 1. The topological polar surface area (TPSA) is 76.9 Å². The molecule has 0 spiro atoms. The molecule has 1 heterocycles. The normalized spacial score (nSPS) is 11.5. The van der Waals surface area contributed by atoms with Gasteiger partial charge < -0.3 is 0 Å². The Bertz CT molecular complexity index is 1060. The lowest BCUT2D eigenvalue weighted by Crippen LogP contribution is -2.15. The van der Waals surface area contributed by atoms with E-state index in [2.05, 4.69) is 14.8 Å². The summed E-state index contributed by atoms with van der Waals surface area (Å²) in [6.07, 6.45) is 1.34. The number of hydrogen-bond acceptors (Lipinski definition) is 4. The molecule has 0 saturated carbocycles. The first-order valence-electron chi connectivity index (χ1n) is 7.06. The Balaban J connectivity index is 1.80. The monoisotopic (exact) mass is 434 g/mol. The van der Waals surface area contributed by atoms with Gasteiger partial charge in [-0.15, -0.1) is 5.10 Å². The minimum Gasteiger partial charge on any atom is -0.246 e. The summed E-state index contributed by atoms with van der Waals surface area (Å²) in [5.41, 5.74) is 0.776. The van der Waals surface area contributed by atoms with Crippen molar-refractivity contribution in [2.24, 2.45) is 0 Å². The largest absolute Gasteiger partial charge is 0.265 e. The highest BCUT2D eigenvalue weighted by atomic mass is 35.5. The second kappa shape index (κ2) is 7.40. The van der Waals surface area contributed by atoms with Crippen molar-refractivity contribution in [3.63, 3.8) is 0 Å². The van der Waals surface area contributed by atoms with E-state index in [1.54, 1.807) is 12.1 Å². The second-order valence-corrected chi connectivity index (χ2v) is 8.07. The van der Waals surface area contributed by atoms with Crippen molar-refractivity contribution < 1.29 is 12.8 Å². The van der Waals surface area contributed by atoms with Crippen molar-refractivity contribution in [1.29, 1.82) is 0 Å². The lowest BCUT2D eigenvalue weighted by Gasteiger charge is -2.08. The Labute approximate surface area is 163 Å². The number of nitrogens with zero attached hydrogens (tertiary/aromatic N) is 3. The van der Waals surface area contributed by atoms with E-state index in [-0.39, 0.29) is 31.7 Å². The molecule has 0 fully saturated rings. The van der Waals surface area contributed by atoms with E-state index in [1.165, 1.54) is 29.2 Å². The first-order valence-corrected chi connectivity index (χ1v) is 9.67. The quantitative estimate of drug-likeness (QED) is 0.609. The Morgan fingerprint density at radius 1 is 1.04 bits per heavy atom. The molecule has 0 bridgehead atoms. The van der Waals surface area contributed by atoms with Gasteiger partial charge in [0.1, 0.15) is 17.0 Å². The van der Waals surface area contributed by atoms with Crippen LogP contribution >= 0.6 is 34.8 Å². The zero-order valence-electron chi connectivity index (χ0n) is 12.8. The van der Waals surface area contributed by atoms with Gasteiger partial charge in [-0.05, 0) is 29.8 Å². The fraction of sp³-hybridized carbons (Fsp3) is 0.0667. The highest BCUT2D eigenvalue weighted by Crippen LogP contribution is 2.32. The summed E-state index contributed by atoms with van der Waals surface area (Å²) in [7, 11) is -4.06. The maximum Gasteiger partial charge on any atom is 0.265 e. The average molecular weight is 436 g/mol. The van der Waals surface area contributed by atoms with Gasteiger partial charge in [0.15, 0.2) is 0 Å². The molecule has 0 atom stereocenters. The highest BCUT2D eigenvalue weighted by molar-refractivity contribution is 7.92. The van der Waals surface area contributed by atoms with E-state index in [9.17, 15) is 12.8 Å². The molecule has 0 aliphatic carbocycles. The summed E-state index contributed by atoms with van der Waals surface area (Å²) in [6, 6.07) is 8.21. The van der Waals surface area contributed by atoms with Crippen LogP contribution in [0.25, 0.3) is 0 Å². The maximum atomic E-state index is 12.9. The Kier molecular flexibility index (Phi) is 5.38. The number of rotatable bonds is 5. The third kappa shape index (κ3) is 4.27. The lowest BCUT2D eigenvalue weighted by molar-refractivity contribution is 0.600. The van der Waals surface area contributed by atoms with Crippen molar-refractivity contribution in [1.82, 2.24) is 14.8 Å². The lowest BCUT2D eigenvalue weighted by atomic mass is 10.2. The van der Waals surface area contributed by atoms with E-state index in [0.717, 1.165) is 11.6 Å². The van der Waals surface area contributed by atoms with Gasteiger partial charge >= 0.3 is 0 Å². The standard InChI is InChI=1S/C15H10Cl3FN4O2S/c16-11-5-13(18)14(6-12(11)17)26(24,25)22-15-20-8-23(21-15)7-9-1-3-10(19)4-2-9/h1-6,8H,7H2,(H,21,22). The van der Waals surface area contributed by atoms with E-state index < -0.39 is 10.0 Å². The number of halogens is 4. The smallest absolute Gasteiger partial charge is 0.246 e. The van der Waals surface area contributed by atoms with E-state index >= 15 is 0 Å². The Morgan fingerprint density at radius 2 is 1.69 bits per heavy atom. The minimum absolute atomic E-state index is 0.0474. The Morgan fingerprint density at radius 3 is 2.38 bits per heavy atom. The molecule has 3 aromatic rings. The summed E-state index contributed by atoms with van der Waals surface area (Å²) >= 11 is 17.6. The number of hydrogen-bond donors (Lipinski definition) is 1. The molecule has 1 N–H and O–H groups in total. The van der Waals surface area contributed by atoms with Gasteiger partial charge in [-0.25, -0.2) is 22.2 Å². The van der Waals surface area contributed by atoms with Crippen LogP contribution in [-0.2, 0) is 16.6 Å². The van der Waals surface area contributed by atoms with Gasteiger partial charge in [-0.2, -0.15) is 4.98 Å². The first kappa shape index (κ1) is 18.9. The fourth-order valence-electron chi connectivity index (χ4n) is 2.08. The number of sulfonamides is 1. The summed E-state index contributed by atoms with van der Waals surface area (Å²) in [5, 5.41) is 4.13. The maximum absolute atomic E-state index is 12.9. The van der Waals surface area contributed by atoms with E-state index in [1.807, 2.05) is 0 Å². The van der Waals surface area contributed by atoms with Gasteiger partial charge in [-0.3, -0.25) is 0 Å². The van der Waals surface area contributed by atoms with Crippen LogP contribution in [0.1, 0.15) is 5.56 Å². The first-order chi connectivity index (χ1) is 12.2. The van der Waals surface area contributed by atoms with Crippen LogP contribution in [0.15, 0.2) is 47.6 Å². The third-order valence-electron chi connectivity index (χ3n) is 3.28. The zero-order valence-corrected chi connectivity index (χ0v) is 15.9. The van der Waals surface area contributed by atoms with Crippen molar-refractivity contribution in [3.8, 4) is 0 Å². The van der Waals surface area contributed by atoms with Crippen LogP contribution < -0.4 is 4.72 Å². The van der Waals surface area contributed by atoms with Crippen LogP contribution in [0, 0.1) is 5.82 Å². The molecule has 0 aliphatic heterocycles. The van der Waals surface area contributed by atoms with Gasteiger partial charge in [0.05, 0.1) is 21.6 Å². The van der Waals surface area contributed by atoms with Gasteiger partial charge in [0, 0.05) is 0 Å². The van der Waals surface area contributed by atoms with Crippen molar-refractivity contribution >= 4 is 50.8 Å². The van der Waals surface area contributed by atoms with Crippen LogP contribution in [0.2, 0.25) is 15.1 Å². The van der Waals surface area contributed by atoms with Crippen LogP contribution in [-0.4, -0.2) is 23.2 Å². The molecule has 0 saturated heterocycles. The molecule has 0 unspecified atom stereocenters. The minimum atomic E-state index is -4.06. The summed E-state index contributed by atoms with van der Waals surface area (Å²) in [6.45, 7) is 0.294. The molecular weight excluding hydrogens is 426 g/mol. The van der Waals surface area contributed by atoms with E-state index in [0.29, 0.717) is 6.54 Å². The molecule has 2 aromatic carbocycles. The molecule has 0 aliphatic rings. The summed E-state index contributed by atoms with van der Waals surface area (Å²) < 4.78 is 41.5. The molecule has 0 amide bonds. The Hall–Kier alpha value is -1.87. The summed E-state index contributed by atoms with van der Waals surface area (Å²) in [4.78, 5) is 3.65. The molecule has 136 valence electrons. The number of benzene rings is 2. The third-order valence-corrected chi connectivity index (χ3v) is 5.80. The molecule has 26 heavy (non-hydrogen) atoms. The predicted octanol–water partition coefficient (Wildman–Crippen LogP) is 4.23. The molecular formula is C15H10Cl3FN4O2S. The van der Waals surface area contributed by atoms with Crippen molar-refractivity contribution in [2.45, 2.75) is 11.4 Å². The van der Waals surface area contributed by atoms with Crippen molar-refractivity contribution in [3.05, 3.63) is 69.2 Å². The molecule has 3 rings (SSSR count). The zero-order chi connectivity index (χ0) is 18.9. The van der Waals surface area contributed by atoms with Crippen molar-refractivity contribution in [2.75, 3.05) is 4.72 Å². The predicted molar refractivity (Wildman–Crippen MR) is 97.8 cm³/mol. The molecule has 11 heteroatoms. The summed E-state index contributed by atoms with van der Waals surface area (Å²) in [5.74, 6) is -0.492. The molecule has 1 aromatic heterocycles. The van der Waals surface area contributed by atoms with E-state index in [4.69, 9.17) is 34.8 Å². The second-order valence-electron chi connectivity index (χ2n) is 5.19. The fourth-order valence-corrected chi connectivity index (χ4v) is 4.03. The van der Waals surface area contributed by atoms with Crippen LogP contribution in [0.4, 0.5) is 10.3 Å². The van der Waals surface area contributed by atoms with Gasteiger partial charge in [0.2, 0.25) is 0 Å². The van der Waals surface area contributed by atoms with Gasteiger partial charge in [0.25, 0.3) is 16.0 Å².